The number of hydrogen-bond acceptors (Lipinski definition) is 3. The first-order valence-electron chi connectivity index (χ1n) is 8.01. The molecule has 1 N–H and O–H groups in total. The summed E-state index contributed by atoms with van der Waals surface area (Å²) in [4.78, 5) is 22.6. The fraction of sp³-hybridized carbons (Fsp3) is 0.263. The van der Waals surface area contributed by atoms with Gasteiger partial charge in [-0.25, -0.2) is 0 Å². The molecule has 0 aromatic heterocycles. The maximum atomic E-state index is 12.5. The number of nitrogens with one attached hydrogen (secondary N) is 1. The predicted octanol–water partition coefficient (Wildman–Crippen LogP) is 6.51. The molecule has 1 amide bonds. The lowest BCUT2D eigenvalue weighted by atomic mass is 10.1. The van der Waals surface area contributed by atoms with Gasteiger partial charge in [0.1, 0.15) is 0 Å². The summed E-state index contributed by atoms with van der Waals surface area (Å²) in [5.74, 6) is -0.838. The molecule has 0 bridgehead atoms. The Hall–Kier alpha value is -1.51. The number of hydrazine groups is 1. The highest BCUT2D eigenvalue weighted by Crippen LogP contribution is 2.23. The van der Waals surface area contributed by atoms with Gasteiger partial charge in [-0.15, -0.1) is 30.2 Å². The summed E-state index contributed by atoms with van der Waals surface area (Å²) >= 11 is 11.0. The van der Waals surface area contributed by atoms with Crippen LogP contribution in [0.5, 0.6) is 0 Å². The molecule has 2 aromatic rings. The molecule has 0 atom stereocenters. The van der Waals surface area contributed by atoms with Gasteiger partial charge in [-0.05, 0) is 44.5 Å². The minimum atomic E-state index is -4.70. The molecule has 30 heavy (non-hydrogen) atoms. The summed E-state index contributed by atoms with van der Waals surface area (Å²) in [6.45, 7) is 4.46. The summed E-state index contributed by atoms with van der Waals surface area (Å²) in [7, 11) is 0. The second-order valence-corrected chi connectivity index (χ2v) is 7.29. The van der Waals surface area contributed by atoms with Crippen LogP contribution in [0.3, 0.4) is 0 Å². The van der Waals surface area contributed by atoms with Crippen LogP contribution in [0.25, 0.3) is 0 Å². The Labute approximate surface area is 195 Å². The average molecular weight is 508 g/mol. The first-order chi connectivity index (χ1) is 12.8. The molecule has 0 aliphatic heterocycles. The van der Waals surface area contributed by atoms with Crippen LogP contribution in [0.15, 0.2) is 54.6 Å². The van der Waals surface area contributed by atoms with Gasteiger partial charge < -0.3 is 0 Å². The quantitative estimate of drug-likeness (QED) is 0.292. The maximum absolute atomic E-state index is 12.5. The lowest BCUT2D eigenvalue weighted by Gasteiger charge is -2.36. The molecular weight excluding hydrogens is 487 g/mol. The van der Waals surface area contributed by atoms with Crippen LogP contribution in [0.1, 0.15) is 41.5 Å². The Morgan fingerprint density at radius 3 is 1.73 bits per heavy atom. The number of amides is 1. The molecule has 0 aliphatic rings. The number of halogens is 7. The van der Waals surface area contributed by atoms with Gasteiger partial charge in [-0.2, -0.15) is 13.2 Å². The van der Waals surface area contributed by atoms with Crippen molar-refractivity contribution >= 4 is 59.2 Å². The highest BCUT2D eigenvalue weighted by molar-refractivity contribution is 6.67. The van der Waals surface area contributed by atoms with E-state index in [-0.39, 0.29) is 35.4 Å². The molecule has 0 unspecified atom stereocenters. The SMILES string of the molecule is CC(C)(C)N(NC(F)(F)F)C(=O)c1ccccc1Cl.Cl.Cl.O=C(Cl)c1ccccc1. The summed E-state index contributed by atoms with van der Waals surface area (Å²) < 4.78 is 37.4. The predicted molar refractivity (Wildman–Crippen MR) is 118 cm³/mol. The molecule has 2 rings (SSSR count). The van der Waals surface area contributed by atoms with Gasteiger partial charge in [0.25, 0.3) is 11.1 Å². The van der Waals surface area contributed by atoms with Crippen molar-refractivity contribution < 1.29 is 22.8 Å². The Morgan fingerprint density at radius 2 is 1.37 bits per heavy atom. The number of carbonyl (C=O) groups excluding carboxylic acids is 2. The largest absolute Gasteiger partial charge is 0.474 e. The van der Waals surface area contributed by atoms with Crippen molar-refractivity contribution in [3.63, 3.8) is 0 Å². The van der Waals surface area contributed by atoms with Crippen LogP contribution in [-0.2, 0) is 0 Å². The van der Waals surface area contributed by atoms with E-state index in [1.54, 1.807) is 30.3 Å². The fourth-order valence-corrected chi connectivity index (χ4v) is 2.32. The molecule has 168 valence electrons. The Bertz CT molecular complexity index is 813. The van der Waals surface area contributed by atoms with Crippen molar-refractivity contribution in [3.05, 3.63) is 70.7 Å². The van der Waals surface area contributed by atoms with E-state index in [0.717, 1.165) is 0 Å². The van der Waals surface area contributed by atoms with E-state index in [1.807, 2.05) is 6.07 Å². The minimum absolute atomic E-state index is 0. The second kappa shape index (κ2) is 13.0. The van der Waals surface area contributed by atoms with Gasteiger partial charge in [0.15, 0.2) is 0 Å². The first kappa shape index (κ1) is 30.7. The summed E-state index contributed by atoms with van der Waals surface area (Å²) in [5, 5.41) is 0.218. The van der Waals surface area contributed by atoms with E-state index in [9.17, 15) is 22.8 Å². The van der Waals surface area contributed by atoms with Crippen LogP contribution < -0.4 is 5.43 Å². The van der Waals surface area contributed by atoms with E-state index in [2.05, 4.69) is 0 Å². The van der Waals surface area contributed by atoms with Crippen LogP contribution in [0, 0.1) is 0 Å². The summed E-state index contributed by atoms with van der Waals surface area (Å²) in [5.41, 5.74) is 0.734. The molecule has 11 heteroatoms. The van der Waals surface area contributed by atoms with Gasteiger partial charge in [0, 0.05) is 5.56 Å². The molecule has 0 radical (unpaired) electrons. The second-order valence-electron chi connectivity index (χ2n) is 6.54. The molecule has 0 fully saturated rings. The van der Waals surface area contributed by atoms with Crippen LogP contribution >= 0.6 is 48.0 Å². The molecule has 0 saturated heterocycles. The lowest BCUT2D eigenvalue weighted by molar-refractivity contribution is -0.200. The van der Waals surface area contributed by atoms with Gasteiger partial charge in [-0.3, -0.25) is 14.6 Å². The molecule has 0 aliphatic carbocycles. The van der Waals surface area contributed by atoms with Crippen LogP contribution in [0.4, 0.5) is 13.2 Å². The van der Waals surface area contributed by atoms with Gasteiger partial charge in [0.05, 0.1) is 16.1 Å². The zero-order valence-electron chi connectivity index (χ0n) is 16.2. The third-order valence-electron chi connectivity index (χ3n) is 3.22. The van der Waals surface area contributed by atoms with Gasteiger partial charge >= 0.3 is 6.30 Å². The number of benzene rings is 2. The zero-order valence-corrected chi connectivity index (χ0v) is 19.3. The number of nitrogens with zero attached hydrogens (tertiary/aromatic N) is 1. The summed E-state index contributed by atoms with van der Waals surface area (Å²) in [6.07, 6.45) is -4.70. The number of hydrogen-bond donors (Lipinski definition) is 1. The normalized spacial score (nSPS) is 10.5. The van der Waals surface area contributed by atoms with Crippen molar-refractivity contribution in [2.24, 2.45) is 0 Å². The van der Waals surface area contributed by atoms with E-state index >= 15 is 0 Å². The molecule has 0 saturated carbocycles. The molecule has 0 spiro atoms. The van der Waals surface area contributed by atoms with E-state index in [0.29, 0.717) is 10.6 Å². The number of alkyl halides is 3. The van der Waals surface area contributed by atoms with Gasteiger partial charge in [-0.1, -0.05) is 54.1 Å². The van der Waals surface area contributed by atoms with E-state index < -0.39 is 23.0 Å². The highest BCUT2D eigenvalue weighted by atomic mass is 35.5. The van der Waals surface area contributed by atoms with Crippen molar-refractivity contribution in [2.45, 2.75) is 32.6 Å². The van der Waals surface area contributed by atoms with Crippen molar-refractivity contribution in [1.82, 2.24) is 10.4 Å². The molecule has 0 heterocycles. The molecular formula is C19H21Cl4F3N2O2. The zero-order chi connectivity index (χ0) is 21.5. The van der Waals surface area contributed by atoms with Crippen molar-refractivity contribution in [2.75, 3.05) is 0 Å². The topological polar surface area (TPSA) is 49.4 Å². The minimum Gasteiger partial charge on any atom is -0.276 e. The maximum Gasteiger partial charge on any atom is 0.474 e. The average Bonchev–Trinajstić information content (AvgIpc) is 2.59. The standard InChI is InChI=1S/C12H14ClF3N2O.C7H5ClO.2ClH/c1-11(2,3)18(17-12(14,15)16)10(19)8-6-4-5-7-9(8)13;8-7(9)6-4-2-1-3-5-6;;/h4-7,17H,1-3H3;1-5H;2*1H. The van der Waals surface area contributed by atoms with E-state index in [1.165, 1.54) is 44.4 Å². The van der Waals surface area contributed by atoms with Crippen LogP contribution in [-0.4, -0.2) is 28.0 Å². The third kappa shape index (κ3) is 10.5. The first-order valence-corrected chi connectivity index (χ1v) is 8.77. The van der Waals surface area contributed by atoms with Gasteiger partial charge in [0.2, 0.25) is 0 Å². The van der Waals surface area contributed by atoms with E-state index in [4.69, 9.17) is 23.2 Å². The third-order valence-corrected chi connectivity index (χ3v) is 3.77. The number of rotatable bonds is 3. The van der Waals surface area contributed by atoms with Crippen molar-refractivity contribution in [1.29, 1.82) is 0 Å². The molecule has 4 nitrogen and oxygen atoms in total. The lowest BCUT2D eigenvalue weighted by Crippen LogP contribution is -2.58. The fourth-order valence-electron chi connectivity index (χ4n) is 1.97. The van der Waals surface area contributed by atoms with Crippen LogP contribution in [0.2, 0.25) is 5.02 Å². The monoisotopic (exact) mass is 506 g/mol. The highest BCUT2D eigenvalue weighted by Gasteiger charge is 2.38. The Kier molecular flexibility index (Phi) is 13.3. The Morgan fingerprint density at radius 1 is 0.900 bits per heavy atom. The Balaban J connectivity index is 0. The summed E-state index contributed by atoms with van der Waals surface area (Å²) in [6, 6.07) is 14.7. The van der Waals surface area contributed by atoms with Crippen molar-refractivity contribution in [3.8, 4) is 0 Å². The smallest absolute Gasteiger partial charge is 0.276 e. The molecule has 2 aromatic carbocycles. The number of carbonyl (C=O) groups is 2.